The predicted molar refractivity (Wildman–Crippen MR) is 96.8 cm³/mol. The molecule has 3 unspecified atom stereocenters. The minimum Gasteiger partial charge on any atom is -0.494 e. The van der Waals surface area contributed by atoms with Crippen molar-refractivity contribution < 1.29 is 4.74 Å². The van der Waals surface area contributed by atoms with Crippen LogP contribution in [0.3, 0.4) is 0 Å². The Kier molecular flexibility index (Phi) is 7.27. The van der Waals surface area contributed by atoms with Crippen molar-refractivity contribution in [1.29, 1.82) is 0 Å². The van der Waals surface area contributed by atoms with Crippen LogP contribution in [0.2, 0.25) is 0 Å². The average molecular weight is 326 g/mol. The summed E-state index contributed by atoms with van der Waals surface area (Å²) in [5, 5.41) is 5.10. The highest BCUT2D eigenvalue weighted by Crippen LogP contribution is 2.40. The summed E-state index contributed by atoms with van der Waals surface area (Å²) in [6, 6.07) is 9.03. The summed E-state index contributed by atoms with van der Waals surface area (Å²) in [5.74, 6) is 3.54. The van der Waals surface area contributed by atoms with Crippen molar-refractivity contribution in [3.05, 3.63) is 29.8 Å². The van der Waals surface area contributed by atoms with Gasteiger partial charge >= 0.3 is 0 Å². The molecule has 21 heavy (non-hydrogen) atoms. The quantitative estimate of drug-likeness (QED) is 0.803. The molecular formula is C17H27NOS2. The molecule has 1 saturated heterocycles. The second-order valence-corrected chi connectivity index (χ2v) is 7.83. The van der Waals surface area contributed by atoms with Gasteiger partial charge < -0.3 is 10.1 Å². The summed E-state index contributed by atoms with van der Waals surface area (Å²) in [4.78, 5) is 0. The van der Waals surface area contributed by atoms with Crippen LogP contribution in [0.15, 0.2) is 24.3 Å². The number of ether oxygens (including phenoxy) is 1. The van der Waals surface area contributed by atoms with Gasteiger partial charge in [-0.05, 0) is 37.6 Å². The lowest BCUT2D eigenvalue weighted by atomic mass is 9.99. The highest BCUT2D eigenvalue weighted by Gasteiger charge is 2.32. The topological polar surface area (TPSA) is 21.3 Å². The van der Waals surface area contributed by atoms with Crippen molar-refractivity contribution in [1.82, 2.24) is 5.32 Å². The maximum absolute atomic E-state index is 5.68. The monoisotopic (exact) mass is 325 g/mol. The van der Waals surface area contributed by atoms with Gasteiger partial charge in [0, 0.05) is 28.0 Å². The maximum Gasteiger partial charge on any atom is 0.119 e. The first-order valence-electron chi connectivity index (χ1n) is 7.99. The number of thioether (sulfide) groups is 2. The van der Waals surface area contributed by atoms with E-state index in [0.29, 0.717) is 11.3 Å². The molecule has 1 N–H and O–H groups in total. The lowest BCUT2D eigenvalue weighted by molar-refractivity contribution is 0.339. The van der Waals surface area contributed by atoms with Crippen molar-refractivity contribution in [2.24, 2.45) is 0 Å². The van der Waals surface area contributed by atoms with Crippen LogP contribution in [-0.2, 0) is 0 Å². The van der Waals surface area contributed by atoms with Gasteiger partial charge in [0.2, 0.25) is 0 Å². The molecular weight excluding hydrogens is 298 g/mol. The first kappa shape index (κ1) is 17.0. The lowest BCUT2D eigenvalue weighted by Gasteiger charge is -2.36. The van der Waals surface area contributed by atoms with Crippen molar-refractivity contribution >= 4 is 23.5 Å². The van der Waals surface area contributed by atoms with Crippen LogP contribution in [0.25, 0.3) is 0 Å². The fourth-order valence-electron chi connectivity index (χ4n) is 2.85. The normalized spacial score (nSPS) is 23.8. The minimum atomic E-state index is 0.415. The van der Waals surface area contributed by atoms with Crippen molar-refractivity contribution in [3.63, 3.8) is 0 Å². The van der Waals surface area contributed by atoms with E-state index in [1.807, 2.05) is 6.92 Å². The van der Waals surface area contributed by atoms with Gasteiger partial charge in [0.05, 0.1) is 6.61 Å². The molecule has 1 aromatic rings. The Morgan fingerprint density at radius 1 is 1.24 bits per heavy atom. The zero-order valence-electron chi connectivity index (χ0n) is 13.3. The molecule has 1 aliphatic heterocycles. The third-order valence-electron chi connectivity index (χ3n) is 3.78. The third-order valence-corrected chi connectivity index (χ3v) is 7.13. The molecule has 0 aliphatic carbocycles. The Labute approximate surface area is 137 Å². The molecule has 0 bridgehead atoms. The largest absolute Gasteiger partial charge is 0.494 e. The van der Waals surface area contributed by atoms with E-state index >= 15 is 0 Å². The molecule has 0 aromatic heterocycles. The molecule has 1 aliphatic rings. The summed E-state index contributed by atoms with van der Waals surface area (Å²) < 4.78 is 5.68. The number of nitrogens with one attached hydrogen (secondary N) is 1. The van der Waals surface area contributed by atoms with Crippen molar-refractivity contribution in [2.45, 2.75) is 43.7 Å². The highest BCUT2D eigenvalue weighted by molar-refractivity contribution is 8.07. The van der Waals surface area contributed by atoms with Crippen LogP contribution in [0.1, 0.15) is 38.8 Å². The van der Waals surface area contributed by atoms with E-state index in [0.717, 1.165) is 24.2 Å². The van der Waals surface area contributed by atoms with E-state index in [9.17, 15) is 0 Å². The SMILES string of the molecule is CCNC(c1cccc(OCC)c1)C1SCCSC1CC. The van der Waals surface area contributed by atoms with Gasteiger partial charge in [0.25, 0.3) is 0 Å². The van der Waals surface area contributed by atoms with Gasteiger partial charge in [-0.15, -0.1) is 0 Å². The van der Waals surface area contributed by atoms with Gasteiger partial charge in [0.15, 0.2) is 0 Å². The molecule has 0 amide bonds. The van der Waals surface area contributed by atoms with E-state index in [1.165, 1.54) is 23.5 Å². The highest BCUT2D eigenvalue weighted by atomic mass is 32.2. The van der Waals surface area contributed by atoms with Crippen LogP contribution in [0.5, 0.6) is 5.75 Å². The number of hydrogen-bond acceptors (Lipinski definition) is 4. The lowest BCUT2D eigenvalue weighted by Crippen LogP contribution is -2.38. The zero-order chi connectivity index (χ0) is 15.1. The van der Waals surface area contributed by atoms with Crippen LogP contribution in [0.4, 0.5) is 0 Å². The molecule has 0 spiro atoms. The summed E-state index contributed by atoms with van der Waals surface area (Å²) in [6.07, 6.45) is 1.25. The molecule has 1 aromatic carbocycles. The zero-order valence-corrected chi connectivity index (χ0v) is 14.9. The minimum absolute atomic E-state index is 0.415. The van der Waals surface area contributed by atoms with Gasteiger partial charge in [-0.2, -0.15) is 23.5 Å². The van der Waals surface area contributed by atoms with E-state index in [2.05, 4.69) is 67.0 Å². The fourth-order valence-corrected chi connectivity index (χ4v) is 6.11. The average Bonchev–Trinajstić information content (AvgIpc) is 2.53. The smallest absolute Gasteiger partial charge is 0.119 e. The molecule has 4 heteroatoms. The van der Waals surface area contributed by atoms with Gasteiger partial charge in [-0.1, -0.05) is 26.0 Å². The van der Waals surface area contributed by atoms with Crippen LogP contribution < -0.4 is 10.1 Å². The summed E-state index contributed by atoms with van der Waals surface area (Å²) in [5.41, 5.74) is 1.36. The molecule has 1 heterocycles. The predicted octanol–water partition coefficient (Wildman–Crippen LogP) is 4.36. The molecule has 2 rings (SSSR count). The van der Waals surface area contributed by atoms with Crippen LogP contribution in [-0.4, -0.2) is 35.2 Å². The van der Waals surface area contributed by atoms with E-state index < -0.39 is 0 Å². The van der Waals surface area contributed by atoms with Crippen LogP contribution >= 0.6 is 23.5 Å². The van der Waals surface area contributed by atoms with Gasteiger partial charge in [-0.25, -0.2) is 0 Å². The van der Waals surface area contributed by atoms with Gasteiger partial charge in [0.1, 0.15) is 5.75 Å². The molecule has 0 saturated carbocycles. The van der Waals surface area contributed by atoms with E-state index in [4.69, 9.17) is 4.74 Å². The second kappa shape index (κ2) is 8.96. The molecule has 1 fully saturated rings. The molecule has 0 radical (unpaired) electrons. The fraction of sp³-hybridized carbons (Fsp3) is 0.647. The van der Waals surface area contributed by atoms with Crippen molar-refractivity contribution in [3.8, 4) is 5.75 Å². The Balaban J connectivity index is 2.22. The van der Waals surface area contributed by atoms with Crippen molar-refractivity contribution in [2.75, 3.05) is 24.7 Å². The Bertz CT molecular complexity index is 427. The molecule has 2 nitrogen and oxygen atoms in total. The number of benzene rings is 1. The Hall–Kier alpha value is -0.320. The first-order chi connectivity index (χ1) is 10.3. The maximum atomic E-state index is 5.68. The third kappa shape index (κ3) is 4.57. The summed E-state index contributed by atoms with van der Waals surface area (Å²) in [6.45, 7) is 8.27. The molecule has 3 atom stereocenters. The Morgan fingerprint density at radius 3 is 2.76 bits per heavy atom. The van der Waals surface area contributed by atoms with E-state index in [-0.39, 0.29) is 0 Å². The van der Waals surface area contributed by atoms with Crippen LogP contribution in [0, 0.1) is 0 Å². The summed E-state index contributed by atoms with van der Waals surface area (Å²) in [7, 11) is 0. The van der Waals surface area contributed by atoms with Gasteiger partial charge in [-0.3, -0.25) is 0 Å². The summed E-state index contributed by atoms with van der Waals surface area (Å²) >= 11 is 4.28. The van der Waals surface area contributed by atoms with E-state index in [1.54, 1.807) is 0 Å². The number of hydrogen-bond donors (Lipinski definition) is 1. The number of rotatable bonds is 7. The standard InChI is InChI=1S/C17H27NOS2/c1-4-15-17(21-11-10-20-15)16(18-5-2)13-8-7-9-14(12-13)19-6-3/h7-9,12,15-18H,4-6,10-11H2,1-3H3. The second-order valence-electron chi connectivity index (χ2n) is 5.19. The molecule has 118 valence electrons. The first-order valence-corrected chi connectivity index (χ1v) is 10.1. The Morgan fingerprint density at radius 2 is 2.05 bits per heavy atom.